The summed E-state index contributed by atoms with van der Waals surface area (Å²) in [4.78, 5) is 34.6. The molecule has 3 aliphatic rings. The summed E-state index contributed by atoms with van der Waals surface area (Å²) in [7, 11) is 0. The van der Waals surface area contributed by atoms with Crippen LogP contribution in [0, 0.1) is 11.7 Å². The molecule has 0 atom stereocenters. The van der Waals surface area contributed by atoms with Crippen molar-refractivity contribution < 1.29 is 18.7 Å². The van der Waals surface area contributed by atoms with Crippen molar-refractivity contribution in [3.63, 3.8) is 0 Å². The second-order valence-corrected chi connectivity index (χ2v) is 10.3. The van der Waals surface area contributed by atoms with Crippen LogP contribution in [0.4, 0.5) is 10.2 Å². The lowest BCUT2D eigenvalue weighted by Crippen LogP contribution is -2.50. The highest BCUT2D eigenvalue weighted by Crippen LogP contribution is 2.28. The zero-order valence-corrected chi connectivity index (χ0v) is 21.9. The molecule has 2 saturated heterocycles. The van der Waals surface area contributed by atoms with Gasteiger partial charge in [0.1, 0.15) is 5.82 Å². The highest BCUT2D eigenvalue weighted by molar-refractivity contribution is 5.86. The van der Waals surface area contributed by atoms with E-state index >= 15 is 0 Å². The number of carbonyl (C=O) groups is 2. The van der Waals surface area contributed by atoms with Crippen molar-refractivity contribution in [2.24, 2.45) is 5.92 Å². The fourth-order valence-electron chi connectivity index (χ4n) is 5.20. The fourth-order valence-corrected chi connectivity index (χ4v) is 5.20. The smallest absolute Gasteiger partial charge is 0.242 e. The number of halogens is 1. The Kier molecular flexibility index (Phi) is 8.80. The Hall–Kier alpha value is -3.11. The molecule has 1 aromatic heterocycles. The summed E-state index contributed by atoms with van der Waals surface area (Å²) >= 11 is 0. The van der Waals surface area contributed by atoms with E-state index in [1.54, 1.807) is 17.0 Å². The van der Waals surface area contributed by atoms with Gasteiger partial charge in [-0.05, 0) is 55.7 Å². The van der Waals surface area contributed by atoms with E-state index in [1.807, 2.05) is 17.0 Å². The number of morpholine rings is 1. The summed E-state index contributed by atoms with van der Waals surface area (Å²) in [6.45, 7) is 7.35. The first-order valence-electron chi connectivity index (χ1n) is 13.8. The topological polar surface area (TPSA) is 82.1 Å². The summed E-state index contributed by atoms with van der Waals surface area (Å²) in [5.41, 5.74) is 1.50. The van der Waals surface area contributed by atoms with Crippen molar-refractivity contribution in [1.29, 1.82) is 0 Å². The van der Waals surface area contributed by atoms with Gasteiger partial charge in [-0.15, -0.1) is 10.2 Å². The van der Waals surface area contributed by atoms with Crippen LogP contribution in [-0.4, -0.2) is 109 Å². The molecule has 204 valence electrons. The highest BCUT2D eigenvalue weighted by atomic mass is 19.1. The number of carbonyl (C=O) groups excluding carboxylic acids is 2. The standard InChI is InChI=1S/C28H37FN6O3/c29-24-7-5-22(6-8-24)25-9-10-26(31-30-25)33-11-2-12-34(16-15-33)27(36)21-35(28(37)23-3-1-4-23)14-13-32-17-19-38-20-18-32/h5-10,23H,1-4,11-21H2. The quantitative estimate of drug-likeness (QED) is 0.524. The van der Waals surface area contributed by atoms with Crippen molar-refractivity contribution >= 4 is 17.6 Å². The van der Waals surface area contributed by atoms with Crippen molar-refractivity contribution in [2.75, 3.05) is 77.0 Å². The lowest BCUT2D eigenvalue weighted by Gasteiger charge is -2.35. The van der Waals surface area contributed by atoms with Gasteiger partial charge in [-0.3, -0.25) is 14.5 Å². The van der Waals surface area contributed by atoms with Gasteiger partial charge in [0.15, 0.2) is 5.82 Å². The number of rotatable bonds is 8. The molecule has 1 aliphatic carbocycles. The Labute approximate surface area is 223 Å². The molecule has 0 spiro atoms. The van der Waals surface area contributed by atoms with E-state index < -0.39 is 0 Å². The molecule has 5 rings (SSSR count). The maximum atomic E-state index is 13.3. The van der Waals surface area contributed by atoms with Crippen LogP contribution in [0.1, 0.15) is 25.7 Å². The lowest BCUT2D eigenvalue weighted by atomic mass is 9.84. The van der Waals surface area contributed by atoms with E-state index in [-0.39, 0.29) is 30.1 Å². The van der Waals surface area contributed by atoms with Crippen LogP contribution in [0.3, 0.4) is 0 Å². The number of nitrogens with zero attached hydrogens (tertiary/aromatic N) is 6. The van der Waals surface area contributed by atoms with Gasteiger partial charge in [0, 0.05) is 63.8 Å². The number of benzene rings is 1. The van der Waals surface area contributed by atoms with Crippen LogP contribution in [0.15, 0.2) is 36.4 Å². The van der Waals surface area contributed by atoms with Crippen LogP contribution in [0.25, 0.3) is 11.3 Å². The second-order valence-electron chi connectivity index (χ2n) is 10.3. The molecule has 1 aromatic carbocycles. The largest absolute Gasteiger partial charge is 0.379 e. The normalized spacial score (nSPS) is 19.1. The molecule has 2 aliphatic heterocycles. The van der Waals surface area contributed by atoms with Gasteiger partial charge in [-0.2, -0.15) is 0 Å². The maximum absolute atomic E-state index is 13.3. The van der Waals surface area contributed by atoms with E-state index in [0.29, 0.717) is 31.9 Å². The molecule has 0 N–H and O–H groups in total. The van der Waals surface area contributed by atoms with E-state index in [9.17, 15) is 14.0 Å². The molecule has 3 fully saturated rings. The van der Waals surface area contributed by atoms with Gasteiger partial charge in [0.2, 0.25) is 11.8 Å². The predicted octanol–water partition coefficient (Wildman–Crippen LogP) is 2.28. The molecule has 2 amide bonds. The minimum absolute atomic E-state index is 0.0132. The Bertz CT molecular complexity index is 1070. The van der Waals surface area contributed by atoms with E-state index in [4.69, 9.17) is 4.74 Å². The summed E-state index contributed by atoms with van der Waals surface area (Å²) in [5.74, 6) is 0.695. The molecule has 3 heterocycles. The monoisotopic (exact) mass is 524 g/mol. The van der Waals surface area contributed by atoms with Crippen molar-refractivity contribution in [3.05, 3.63) is 42.2 Å². The van der Waals surface area contributed by atoms with Gasteiger partial charge < -0.3 is 19.4 Å². The van der Waals surface area contributed by atoms with Gasteiger partial charge in [-0.1, -0.05) is 6.42 Å². The average molecular weight is 525 g/mol. The van der Waals surface area contributed by atoms with Crippen LogP contribution >= 0.6 is 0 Å². The summed E-state index contributed by atoms with van der Waals surface area (Å²) in [6.07, 6.45) is 3.77. The predicted molar refractivity (Wildman–Crippen MR) is 142 cm³/mol. The number of aromatic nitrogens is 2. The van der Waals surface area contributed by atoms with Crippen molar-refractivity contribution in [1.82, 2.24) is 24.9 Å². The van der Waals surface area contributed by atoms with E-state index in [1.165, 1.54) is 12.1 Å². The van der Waals surface area contributed by atoms with Crippen molar-refractivity contribution in [2.45, 2.75) is 25.7 Å². The SMILES string of the molecule is O=C(CN(CCN1CCOCC1)C(=O)C1CCC1)N1CCCN(c2ccc(-c3ccc(F)cc3)nn2)CC1. The molecular weight excluding hydrogens is 487 g/mol. The third-order valence-electron chi connectivity index (χ3n) is 7.85. The first-order valence-corrected chi connectivity index (χ1v) is 13.8. The van der Waals surface area contributed by atoms with Gasteiger partial charge in [0.25, 0.3) is 0 Å². The first kappa shape index (κ1) is 26.5. The number of amides is 2. The molecular formula is C28H37FN6O3. The number of anilines is 1. The number of ether oxygens (including phenoxy) is 1. The minimum atomic E-state index is -0.283. The lowest BCUT2D eigenvalue weighted by molar-refractivity contribution is -0.145. The van der Waals surface area contributed by atoms with E-state index in [2.05, 4.69) is 20.0 Å². The minimum Gasteiger partial charge on any atom is -0.379 e. The van der Waals surface area contributed by atoms with E-state index in [0.717, 1.165) is 76.5 Å². The third-order valence-corrected chi connectivity index (χ3v) is 7.85. The molecule has 1 saturated carbocycles. The fraction of sp³-hybridized carbons (Fsp3) is 0.571. The van der Waals surface area contributed by atoms with Crippen LogP contribution in [0.5, 0.6) is 0 Å². The second kappa shape index (κ2) is 12.6. The van der Waals surface area contributed by atoms with Crippen LogP contribution in [-0.2, 0) is 14.3 Å². The van der Waals surface area contributed by atoms with Gasteiger partial charge in [0.05, 0.1) is 25.5 Å². The average Bonchev–Trinajstić information content (AvgIpc) is 3.18. The molecule has 0 unspecified atom stereocenters. The molecule has 9 nitrogen and oxygen atoms in total. The Morgan fingerprint density at radius 3 is 2.39 bits per heavy atom. The Morgan fingerprint density at radius 2 is 1.71 bits per heavy atom. The maximum Gasteiger partial charge on any atom is 0.242 e. The Balaban J connectivity index is 1.16. The third kappa shape index (κ3) is 6.66. The van der Waals surface area contributed by atoms with Crippen LogP contribution in [0.2, 0.25) is 0 Å². The molecule has 0 radical (unpaired) electrons. The zero-order valence-electron chi connectivity index (χ0n) is 21.9. The zero-order chi connectivity index (χ0) is 26.3. The first-order chi connectivity index (χ1) is 18.6. The Morgan fingerprint density at radius 1 is 0.921 bits per heavy atom. The molecule has 10 heteroatoms. The molecule has 2 aromatic rings. The van der Waals surface area contributed by atoms with Gasteiger partial charge >= 0.3 is 0 Å². The summed E-state index contributed by atoms with van der Waals surface area (Å²) < 4.78 is 18.7. The molecule has 0 bridgehead atoms. The summed E-state index contributed by atoms with van der Waals surface area (Å²) in [6, 6.07) is 10.0. The number of hydrogen-bond acceptors (Lipinski definition) is 7. The van der Waals surface area contributed by atoms with Gasteiger partial charge in [-0.25, -0.2) is 4.39 Å². The van der Waals surface area contributed by atoms with Crippen molar-refractivity contribution in [3.8, 4) is 11.3 Å². The molecule has 38 heavy (non-hydrogen) atoms. The van der Waals surface area contributed by atoms with Crippen LogP contribution < -0.4 is 4.90 Å². The highest BCUT2D eigenvalue weighted by Gasteiger charge is 2.32. The number of hydrogen-bond donors (Lipinski definition) is 0. The summed E-state index contributed by atoms with van der Waals surface area (Å²) in [5, 5.41) is 8.74.